The van der Waals surface area contributed by atoms with Crippen LogP contribution in [-0.2, 0) is 9.84 Å². The van der Waals surface area contributed by atoms with Gasteiger partial charge in [-0.1, -0.05) is 17.7 Å². The molecular formula is C12H17NO3S. The van der Waals surface area contributed by atoms with Gasteiger partial charge < -0.3 is 10.8 Å². The van der Waals surface area contributed by atoms with Crippen LogP contribution in [0.4, 0.5) is 0 Å². The van der Waals surface area contributed by atoms with Crippen LogP contribution in [0.2, 0.25) is 0 Å². The molecule has 1 saturated carbocycles. The van der Waals surface area contributed by atoms with Crippen molar-refractivity contribution >= 4 is 9.84 Å². The van der Waals surface area contributed by atoms with E-state index >= 15 is 0 Å². The van der Waals surface area contributed by atoms with E-state index in [9.17, 15) is 13.5 Å². The van der Waals surface area contributed by atoms with Crippen LogP contribution in [0.25, 0.3) is 0 Å². The third kappa shape index (κ3) is 1.99. The van der Waals surface area contributed by atoms with Crippen molar-refractivity contribution < 1.29 is 13.5 Å². The van der Waals surface area contributed by atoms with Crippen molar-refractivity contribution in [3.8, 4) is 0 Å². The van der Waals surface area contributed by atoms with Crippen molar-refractivity contribution in [2.45, 2.75) is 23.5 Å². The second-order valence-electron chi connectivity index (χ2n) is 4.78. The average Bonchev–Trinajstić information content (AvgIpc) is 3.06. The van der Waals surface area contributed by atoms with Gasteiger partial charge in [0.15, 0.2) is 9.84 Å². The number of aliphatic hydroxyl groups is 1. The Labute approximate surface area is 101 Å². The molecule has 0 aromatic heterocycles. The summed E-state index contributed by atoms with van der Waals surface area (Å²) in [6.07, 6.45) is 0.455. The Morgan fingerprint density at radius 1 is 1.41 bits per heavy atom. The van der Waals surface area contributed by atoms with Crippen LogP contribution in [0.3, 0.4) is 0 Å². The summed E-state index contributed by atoms with van der Waals surface area (Å²) in [5, 5.41) is 8.70. The van der Waals surface area contributed by atoms with E-state index in [1.165, 1.54) is 0 Å². The van der Waals surface area contributed by atoms with Crippen LogP contribution in [0.15, 0.2) is 29.2 Å². The van der Waals surface area contributed by atoms with Gasteiger partial charge in [-0.25, -0.2) is 8.42 Å². The second kappa shape index (κ2) is 4.08. The fraction of sp³-hybridized carbons (Fsp3) is 0.500. The molecule has 0 unspecified atom stereocenters. The zero-order valence-corrected chi connectivity index (χ0v) is 10.6. The molecule has 5 heteroatoms. The van der Waals surface area contributed by atoms with Gasteiger partial charge in [-0.2, -0.15) is 0 Å². The predicted octanol–water partition coefficient (Wildman–Crippen LogP) is 0.478. The number of aliphatic hydroxyl groups excluding tert-OH is 1. The molecule has 0 amide bonds. The SMILES string of the molecule is Cc1ccc(S(=O)(=O)[C@H]2C[C@@]2(CN)CO)cc1. The molecule has 2 atom stereocenters. The van der Waals surface area contributed by atoms with Crippen molar-refractivity contribution in [2.75, 3.05) is 13.2 Å². The molecular weight excluding hydrogens is 238 g/mol. The Bertz CT molecular complexity index is 503. The molecule has 17 heavy (non-hydrogen) atoms. The van der Waals surface area contributed by atoms with Gasteiger partial charge in [0, 0.05) is 12.0 Å². The highest BCUT2D eigenvalue weighted by Gasteiger charge is 2.60. The van der Waals surface area contributed by atoms with Crippen molar-refractivity contribution in [1.29, 1.82) is 0 Å². The predicted molar refractivity (Wildman–Crippen MR) is 65.3 cm³/mol. The Hall–Kier alpha value is -0.910. The minimum Gasteiger partial charge on any atom is -0.396 e. The zero-order valence-electron chi connectivity index (χ0n) is 9.76. The summed E-state index contributed by atoms with van der Waals surface area (Å²) < 4.78 is 24.5. The molecule has 1 aliphatic rings. The molecule has 0 bridgehead atoms. The minimum atomic E-state index is -3.35. The van der Waals surface area contributed by atoms with Gasteiger partial charge >= 0.3 is 0 Å². The van der Waals surface area contributed by atoms with Gasteiger partial charge in [-0.3, -0.25) is 0 Å². The van der Waals surface area contributed by atoms with E-state index in [1.807, 2.05) is 6.92 Å². The van der Waals surface area contributed by atoms with Crippen LogP contribution in [0, 0.1) is 12.3 Å². The van der Waals surface area contributed by atoms with Gasteiger partial charge in [-0.15, -0.1) is 0 Å². The lowest BCUT2D eigenvalue weighted by molar-refractivity contribution is 0.217. The lowest BCUT2D eigenvalue weighted by Crippen LogP contribution is -2.27. The van der Waals surface area contributed by atoms with Gasteiger partial charge in [0.2, 0.25) is 0 Å². The molecule has 0 spiro atoms. The van der Waals surface area contributed by atoms with Crippen LogP contribution in [-0.4, -0.2) is 31.9 Å². The summed E-state index contributed by atoms with van der Waals surface area (Å²) >= 11 is 0. The minimum absolute atomic E-state index is 0.167. The quantitative estimate of drug-likeness (QED) is 0.820. The van der Waals surface area contributed by atoms with Crippen LogP contribution < -0.4 is 5.73 Å². The Kier molecular flexibility index (Phi) is 3.01. The third-order valence-corrected chi connectivity index (χ3v) is 5.91. The molecule has 1 aromatic rings. The van der Waals surface area contributed by atoms with Crippen LogP contribution in [0.5, 0.6) is 0 Å². The van der Waals surface area contributed by atoms with E-state index in [-0.39, 0.29) is 13.2 Å². The van der Waals surface area contributed by atoms with E-state index in [0.29, 0.717) is 11.3 Å². The molecule has 3 N–H and O–H groups in total. The van der Waals surface area contributed by atoms with E-state index in [4.69, 9.17) is 5.73 Å². The van der Waals surface area contributed by atoms with Gasteiger partial charge in [0.05, 0.1) is 16.8 Å². The monoisotopic (exact) mass is 255 g/mol. The standard InChI is InChI=1S/C12H17NO3S/c1-9-2-4-10(5-3-9)17(15,16)11-6-12(11,7-13)8-14/h2-5,11,14H,6-8,13H2,1H3/t11-,12+/m0/s1. The first-order valence-corrected chi connectivity index (χ1v) is 7.12. The molecule has 4 nitrogen and oxygen atoms in total. The maximum absolute atomic E-state index is 12.3. The number of hydrogen-bond acceptors (Lipinski definition) is 4. The van der Waals surface area contributed by atoms with Crippen LogP contribution >= 0.6 is 0 Å². The van der Waals surface area contributed by atoms with Gasteiger partial charge in [-0.05, 0) is 25.5 Å². The van der Waals surface area contributed by atoms with Crippen molar-refractivity contribution in [1.82, 2.24) is 0 Å². The fourth-order valence-corrected chi connectivity index (χ4v) is 4.31. The third-order valence-electron chi connectivity index (χ3n) is 3.56. The van der Waals surface area contributed by atoms with Crippen molar-refractivity contribution in [2.24, 2.45) is 11.1 Å². The molecule has 0 saturated heterocycles. The number of rotatable bonds is 4. The Morgan fingerprint density at radius 2 is 2.00 bits per heavy atom. The van der Waals surface area contributed by atoms with Crippen LogP contribution in [0.1, 0.15) is 12.0 Å². The van der Waals surface area contributed by atoms with Gasteiger partial charge in [0.25, 0.3) is 0 Å². The molecule has 1 aliphatic carbocycles. The summed E-state index contributed by atoms with van der Waals surface area (Å²) in [6, 6.07) is 6.78. The zero-order chi connectivity index (χ0) is 12.7. The summed E-state index contributed by atoms with van der Waals surface area (Å²) in [5.74, 6) is 0. The van der Waals surface area contributed by atoms with Crippen molar-refractivity contribution in [3.05, 3.63) is 29.8 Å². The number of benzene rings is 1. The summed E-state index contributed by atoms with van der Waals surface area (Å²) in [6.45, 7) is 1.95. The smallest absolute Gasteiger partial charge is 0.181 e. The first kappa shape index (κ1) is 12.5. The molecule has 0 heterocycles. The Morgan fingerprint density at radius 3 is 2.41 bits per heavy atom. The van der Waals surface area contributed by atoms with E-state index in [2.05, 4.69) is 0 Å². The fourth-order valence-electron chi connectivity index (χ4n) is 2.09. The molecule has 0 aliphatic heterocycles. The van der Waals surface area contributed by atoms with Gasteiger partial charge in [0.1, 0.15) is 0 Å². The number of sulfone groups is 1. The maximum atomic E-state index is 12.3. The van der Waals surface area contributed by atoms with E-state index in [0.717, 1.165) is 5.56 Å². The first-order valence-electron chi connectivity index (χ1n) is 5.58. The number of aryl methyl sites for hydroxylation is 1. The normalized spacial score (nSPS) is 28.1. The topological polar surface area (TPSA) is 80.4 Å². The molecule has 0 radical (unpaired) electrons. The molecule has 1 fully saturated rings. The summed E-state index contributed by atoms with van der Waals surface area (Å²) in [4.78, 5) is 0.317. The van der Waals surface area contributed by atoms with E-state index in [1.54, 1.807) is 24.3 Å². The highest BCUT2D eigenvalue weighted by atomic mass is 32.2. The largest absolute Gasteiger partial charge is 0.396 e. The highest BCUT2D eigenvalue weighted by molar-refractivity contribution is 7.92. The number of nitrogens with two attached hydrogens (primary N) is 1. The lowest BCUT2D eigenvalue weighted by atomic mass is 10.1. The first-order chi connectivity index (χ1) is 7.96. The Balaban J connectivity index is 2.30. The number of hydrogen-bond donors (Lipinski definition) is 2. The summed E-state index contributed by atoms with van der Waals surface area (Å²) in [5.41, 5.74) is 5.94. The molecule has 1 aromatic carbocycles. The highest BCUT2D eigenvalue weighted by Crippen LogP contribution is 2.51. The van der Waals surface area contributed by atoms with Crippen molar-refractivity contribution in [3.63, 3.8) is 0 Å². The average molecular weight is 255 g/mol. The lowest BCUT2D eigenvalue weighted by Gasteiger charge is -2.11. The molecule has 94 valence electrons. The maximum Gasteiger partial charge on any atom is 0.181 e. The molecule has 2 rings (SSSR count). The summed E-state index contributed by atoms with van der Waals surface area (Å²) in [7, 11) is -3.35. The second-order valence-corrected chi connectivity index (χ2v) is 6.91. The van der Waals surface area contributed by atoms with E-state index < -0.39 is 20.5 Å².